The number of para-hydroxylation sites is 2. The Morgan fingerprint density at radius 2 is 1.70 bits per heavy atom. The molecule has 1 aliphatic heterocycles. The Hall–Kier alpha value is -2.80. The van der Waals surface area contributed by atoms with Crippen molar-refractivity contribution in [1.82, 2.24) is 19.3 Å². The summed E-state index contributed by atoms with van der Waals surface area (Å²) in [6, 6.07) is 20.3. The van der Waals surface area contributed by atoms with Crippen molar-refractivity contribution in [2.45, 2.75) is 18.7 Å². The molecule has 0 bridgehead atoms. The molecule has 2 aromatic carbocycles. The second kappa shape index (κ2) is 6.87. The van der Waals surface area contributed by atoms with Crippen molar-refractivity contribution in [3.63, 3.8) is 0 Å². The van der Waals surface area contributed by atoms with Crippen LogP contribution in [0.25, 0.3) is 25.2 Å². The fraction of sp³-hybridized carbons (Fsp3) is 0.136. The second-order valence-corrected chi connectivity index (χ2v) is 10.2. The predicted octanol–water partition coefficient (Wildman–Crippen LogP) is 3.63. The number of anilines is 1. The summed E-state index contributed by atoms with van der Waals surface area (Å²) in [5, 5.41) is 6.60. The van der Waals surface area contributed by atoms with Gasteiger partial charge in [-0.25, -0.2) is 0 Å². The van der Waals surface area contributed by atoms with Gasteiger partial charge >= 0.3 is 183 Å². The normalized spacial score (nSPS) is 13.8. The Morgan fingerprint density at radius 1 is 1.00 bits per heavy atom. The first kappa shape index (κ1) is 18.0. The number of aromatic nitrogens is 4. The van der Waals surface area contributed by atoms with Crippen molar-refractivity contribution in [1.29, 1.82) is 0 Å². The zero-order valence-corrected chi connectivity index (χ0v) is 18.7. The molecule has 0 radical (unpaired) electrons. The van der Waals surface area contributed by atoms with Crippen molar-refractivity contribution >= 4 is 51.5 Å². The summed E-state index contributed by atoms with van der Waals surface area (Å²) in [7, 11) is 0. The number of rotatable bonds is 2. The molecule has 148 valence electrons. The van der Waals surface area contributed by atoms with Gasteiger partial charge in [-0.3, -0.25) is 0 Å². The number of nitrogens with zero attached hydrogens (tertiary/aromatic N) is 5. The fourth-order valence-corrected chi connectivity index (χ4v) is 7.37. The minimum absolute atomic E-state index is 0.0818. The number of aryl methyl sites for hydroxylation is 1. The summed E-state index contributed by atoms with van der Waals surface area (Å²) in [6.07, 6.45) is 0. The molecule has 8 heteroatoms. The van der Waals surface area contributed by atoms with Gasteiger partial charge in [-0.05, 0) is 0 Å². The van der Waals surface area contributed by atoms with Crippen LogP contribution >= 0.6 is 11.8 Å². The third-order valence-electron chi connectivity index (χ3n) is 5.33. The van der Waals surface area contributed by atoms with E-state index in [2.05, 4.69) is 17.0 Å². The van der Waals surface area contributed by atoms with Gasteiger partial charge in [0, 0.05) is 0 Å². The van der Waals surface area contributed by atoms with Crippen LogP contribution in [0.4, 0.5) is 5.69 Å². The summed E-state index contributed by atoms with van der Waals surface area (Å²) in [5.74, 6) is 0.773. The molecule has 0 N–H and O–H groups in total. The van der Waals surface area contributed by atoms with Gasteiger partial charge in [0.1, 0.15) is 0 Å². The average molecular weight is 478 g/mol. The van der Waals surface area contributed by atoms with Crippen molar-refractivity contribution in [3.8, 4) is 5.69 Å². The molecule has 0 aliphatic carbocycles. The Kier molecular flexibility index (Phi) is 4.13. The van der Waals surface area contributed by atoms with Crippen LogP contribution in [0.5, 0.6) is 0 Å². The Bertz CT molecular complexity index is 1460. The van der Waals surface area contributed by atoms with Gasteiger partial charge in [-0.1, -0.05) is 0 Å². The van der Waals surface area contributed by atoms with Gasteiger partial charge in [0.05, 0.1) is 0 Å². The van der Waals surface area contributed by atoms with E-state index >= 15 is 0 Å². The monoisotopic (exact) mass is 479 g/mol. The van der Waals surface area contributed by atoms with E-state index in [0.717, 1.165) is 47.7 Å². The number of fused-ring (bicyclic) bond motifs is 4. The average Bonchev–Trinajstić information content (AvgIpc) is 3.33. The van der Waals surface area contributed by atoms with Gasteiger partial charge < -0.3 is 0 Å². The van der Waals surface area contributed by atoms with Crippen molar-refractivity contribution < 1.29 is 0 Å². The molecule has 0 unspecified atom stereocenters. The molecule has 0 atom stereocenters. The van der Waals surface area contributed by atoms with Crippen LogP contribution < -0.4 is 10.5 Å². The van der Waals surface area contributed by atoms with E-state index in [1.54, 1.807) is 11.8 Å². The van der Waals surface area contributed by atoms with Gasteiger partial charge in [0.15, 0.2) is 0 Å². The molecule has 0 amide bonds. The molecular formula is C22H17N5OSSe. The summed E-state index contributed by atoms with van der Waals surface area (Å²) in [5.41, 5.74) is 3.98. The van der Waals surface area contributed by atoms with E-state index in [9.17, 15) is 4.79 Å². The molecule has 1 aliphatic rings. The molecule has 30 heavy (non-hydrogen) atoms. The van der Waals surface area contributed by atoms with E-state index in [4.69, 9.17) is 10.1 Å². The SMILES string of the molecule is Cc1nn(-c2ccccc2)c2[se]c3c(=O)n4c(nc3c12)SCN(c1ccccc1)C4. The number of hydrogen-bond donors (Lipinski definition) is 0. The summed E-state index contributed by atoms with van der Waals surface area (Å²) < 4.78 is 5.75. The first-order valence-corrected chi connectivity index (χ1v) is 12.3. The van der Waals surface area contributed by atoms with E-state index in [1.807, 2.05) is 64.7 Å². The minimum atomic E-state index is -0.131. The molecule has 5 aromatic rings. The molecule has 0 spiro atoms. The van der Waals surface area contributed by atoms with Crippen molar-refractivity contribution in [2.75, 3.05) is 10.8 Å². The maximum atomic E-state index is 13.5. The van der Waals surface area contributed by atoms with Gasteiger partial charge in [0.25, 0.3) is 0 Å². The molecule has 0 fully saturated rings. The van der Waals surface area contributed by atoms with Crippen LogP contribution in [0, 0.1) is 6.92 Å². The molecule has 0 saturated heterocycles. The molecule has 0 saturated carbocycles. The number of benzene rings is 2. The van der Waals surface area contributed by atoms with Crippen LogP contribution in [-0.4, -0.2) is 39.7 Å². The number of hydrogen-bond acceptors (Lipinski definition) is 5. The Balaban J connectivity index is 1.54. The number of thioether (sulfide) groups is 1. The summed E-state index contributed by atoms with van der Waals surface area (Å²) in [4.78, 5) is 20.6. The third kappa shape index (κ3) is 2.68. The van der Waals surface area contributed by atoms with Crippen LogP contribution in [0.1, 0.15) is 5.69 Å². The zero-order valence-electron chi connectivity index (χ0n) is 16.1. The van der Waals surface area contributed by atoms with E-state index in [-0.39, 0.29) is 20.1 Å². The van der Waals surface area contributed by atoms with Gasteiger partial charge in [0.2, 0.25) is 0 Å². The molecule has 6 rings (SSSR count). The second-order valence-electron chi connectivity index (χ2n) is 7.21. The van der Waals surface area contributed by atoms with E-state index in [1.165, 1.54) is 0 Å². The first-order valence-electron chi connectivity index (χ1n) is 9.61. The fourth-order valence-electron chi connectivity index (χ4n) is 3.87. The topological polar surface area (TPSA) is 56.0 Å². The predicted molar refractivity (Wildman–Crippen MR) is 122 cm³/mol. The standard InChI is InChI=1S/C22H17N5OSSe/c1-14-17-18-19(30-21(17)27(24-14)16-10-6-3-7-11-16)20(28)26-12-25(13-29-22(26)23-18)15-8-4-2-5-9-15/h2-11H,12-13H2,1H3. The summed E-state index contributed by atoms with van der Waals surface area (Å²) in [6.45, 7) is 2.54. The Morgan fingerprint density at radius 3 is 2.43 bits per heavy atom. The van der Waals surface area contributed by atoms with E-state index < -0.39 is 0 Å². The molecule has 6 nitrogen and oxygen atoms in total. The van der Waals surface area contributed by atoms with Crippen LogP contribution in [0.3, 0.4) is 0 Å². The quantitative estimate of drug-likeness (QED) is 0.287. The Labute approximate surface area is 182 Å². The summed E-state index contributed by atoms with van der Waals surface area (Å²) >= 11 is 1.48. The van der Waals surface area contributed by atoms with Crippen LogP contribution in [-0.2, 0) is 6.67 Å². The van der Waals surface area contributed by atoms with Crippen LogP contribution in [0.2, 0.25) is 0 Å². The molecule has 4 heterocycles. The van der Waals surface area contributed by atoms with Gasteiger partial charge in [-0.2, -0.15) is 0 Å². The van der Waals surface area contributed by atoms with E-state index in [0.29, 0.717) is 6.67 Å². The van der Waals surface area contributed by atoms with Crippen molar-refractivity contribution in [3.05, 3.63) is 76.7 Å². The zero-order chi connectivity index (χ0) is 20.2. The first-order chi connectivity index (χ1) is 14.7. The van der Waals surface area contributed by atoms with Crippen LogP contribution in [0.15, 0.2) is 70.6 Å². The molecular weight excluding hydrogens is 461 g/mol. The third-order valence-corrected chi connectivity index (χ3v) is 8.74. The van der Waals surface area contributed by atoms with Crippen molar-refractivity contribution in [2.24, 2.45) is 0 Å². The molecule has 3 aromatic heterocycles. The van der Waals surface area contributed by atoms with Gasteiger partial charge in [-0.15, -0.1) is 0 Å². The maximum absolute atomic E-state index is 13.5.